The normalized spacial score (nSPS) is 20.2. The molecule has 3 heteroatoms. The highest BCUT2D eigenvalue weighted by atomic mass is 79.9. The lowest BCUT2D eigenvalue weighted by Crippen LogP contribution is -2.29. The van der Waals surface area contributed by atoms with Gasteiger partial charge in [0.2, 0.25) is 0 Å². The van der Waals surface area contributed by atoms with Crippen LogP contribution in [0.1, 0.15) is 49.9 Å². The number of hydrogen-bond donors (Lipinski definition) is 0. The molecule has 0 N–H and O–H groups in total. The van der Waals surface area contributed by atoms with Gasteiger partial charge in [0.05, 0.1) is 5.69 Å². The van der Waals surface area contributed by atoms with Crippen molar-refractivity contribution >= 4 is 15.9 Å². The molecular weight excluding hydrogens is 276 g/mol. The van der Waals surface area contributed by atoms with Crippen molar-refractivity contribution < 1.29 is 0 Å². The molecule has 0 atom stereocenters. The average Bonchev–Trinajstić information content (AvgIpc) is 2.54. The molecule has 0 radical (unpaired) electrons. The molecule has 2 rings (SSSR count). The quantitative estimate of drug-likeness (QED) is 0.603. The number of aromatic nitrogens is 2. The number of nitrogens with zero attached hydrogens (tertiary/aromatic N) is 2. The van der Waals surface area contributed by atoms with Crippen molar-refractivity contribution in [1.29, 1.82) is 0 Å². The molecule has 1 aromatic rings. The number of hydrogen-bond acceptors (Lipinski definition) is 1. The second-order valence-electron chi connectivity index (χ2n) is 5.63. The van der Waals surface area contributed by atoms with E-state index < -0.39 is 0 Å². The molecular formula is C14H23BrN2. The minimum atomic E-state index is 0.430. The van der Waals surface area contributed by atoms with Gasteiger partial charge in [-0.3, -0.25) is 4.68 Å². The summed E-state index contributed by atoms with van der Waals surface area (Å²) in [5.41, 5.74) is 2.87. The molecule has 1 saturated carbocycles. The lowest BCUT2D eigenvalue weighted by atomic mass is 9.82. The van der Waals surface area contributed by atoms with Gasteiger partial charge in [0.15, 0.2) is 0 Å². The number of halogens is 1. The maximum Gasteiger partial charge on any atom is 0.0596 e. The Balaban J connectivity index is 2.15. The number of aryl methyl sites for hydroxylation is 2. The van der Waals surface area contributed by atoms with Crippen molar-refractivity contribution in [3.05, 3.63) is 17.5 Å². The van der Waals surface area contributed by atoms with Crippen LogP contribution in [-0.2, 0) is 6.54 Å². The topological polar surface area (TPSA) is 17.8 Å². The first-order chi connectivity index (χ1) is 8.15. The zero-order chi connectivity index (χ0) is 12.3. The van der Waals surface area contributed by atoms with E-state index in [1.165, 1.54) is 44.2 Å². The van der Waals surface area contributed by atoms with Gasteiger partial charge in [-0.2, -0.15) is 5.10 Å². The van der Waals surface area contributed by atoms with Crippen molar-refractivity contribution in [2.24, 2.45) is 5.41 Å². The molecule has 0 aliphatic heterocycles. The number of alkyl halides is 1. The minimum Gasteiger partial charge on any atom is -0.269 e. The molecule has 1 aliphatic rings. The van der Waals surface area contributed by atoms with Gasteiger partial charge in [-0.15, -0.1) is 0 Å². The summed E-state index contributed by atoms with van der Waals surface area (Å²) < 4.78 is 2.21. The van der Waals surface area contributed by atoms with Crippen LogP contribution >= 0.6 is 15.9 Å². The lowest BCUT2D eigenvalue weighted by Gasteiger charge is -2.31. The van der Waals surface area contributed by atoms with E-state index in [-0.39, 0.29) is 0 Å². The molecule has 0 aromatic carbocycles. The highest BCUT2D eigenvalue weighted by molar-refractivity contribution is 9.09. The highest BCUT2D eigenvalue weighted by Crippen LogP contribution is 2.38. The fourth-order valence-corrected chi connectivity index (χ4v) is 3.70. The van der Waals surface area contributed by atoms with Crippen LogP contribution in [-0.4, -0.2) is 15.1 Å². The summed E-state index contributed by atoms with van der Waals surface area (Å²) in [6.07, 6.45) is 8.26. The van der Waals surface area contributed by atoms with Gasteiger partial charge >= 0.3 is 0 Å². The second kappa shape index (κ2) is 5.55. The van der Waals surface area contributed by atoms with E-state index in [2.05, 4.69) is 45.6 Å². The van der Waals surface area contributed by atoms with Crippen molar-refractivity contribution in [3.63, 3.8) is 0 Å². The molecule has 0 unspecified atom stereocenters. The summed E-state index contributed by atoms with van der Waals surface area (Å²) in [5.74, 6) is 0. The molecule has 1 heterocycles. The maximum atomic E-state index is 4.62. The van der Waals surface area contributed by atoms with Crippen LogP contribution in [0.2, 0.25) is 0 Å². The van der Waals surface area contributed by atoms with Crippen LogP contribution in [0.4, 0.5) is 0 Å². The Morgan fingerprint density at radius 3 is 2.35 bits per heavy atom. The Hall–Kier alpha value is -0.310. The standard InChI is InChI=1S/C14H23BrN2/c1-12-9-13(2)17(16-12)11-14(10-15)7-5-3-4-6-8-14/h9H,3-8,10-11H2,1-2H3. The Kier molecular flexibility index (Phi) is 4.29. The van der Waals surface area contributed by atoms with Crippen molar-refractivity contribution in [2.45, 2.75) is 58.9 Å². The SMILES string of the molecule is Cc1cc(C)n(CC2(CBr)CCCCCC2)n1. The lowest BCUT2D eigenvalue weighted by molar-refractivity contribution is 0.229. The molecule has 0 bridgehead atoms. The zero-order valence-electron chi connectivity index (χ0n) is 11.0. The minimum absolute atomic E-state index is 0.430. The Morgan fingerprint density at radius 1 is 1.24 bits per heavy atom. The third-order valence-electron chi connectivity index (χ3n) is 4.04. The van der Waals surface area contributed by atoms with Crippen LogP contribution in [0.3, 0.4) is 0 Å². The van der Waals surface area contributed by atoms with Gasteiger partial charge in [0.1, 0.15) is 0 Å². The van der Waals surface area contributed by atoms with Gasteiger partial charge < -0.3 is 0 Å². The van der Waals surface area contributed by atoms with Crippen molar-refractivity contribution in [1.82, 2.24) is 9.78 Å². The van der Waals surface area contributed by atoms with Crippen molar-refractivity contribution in [2.75, 3.05) is 5.33 Å². The van der Waals surface area contributed by atoms with E-state index >= 15 is 0 Å². The summed E-state index contributed by atoms with van der Waals surface area (Å²) in [4.78, 5) is 0. The molecule has 17 heavy (non-hydrogen) atoms. The third-order valence-corrected chi connectivity index (χ3v) is 5.23. The predicted octanol–water partition coefficient (Wildman–Crippen LogP) is 4.24. The highest BCUT2D eigenvalue weighted by Gasteiger charge is 2.31. The van der Waals surface area contributed by atoms with Crippen LogP contribution in [0, 0.1) is 19.3 Å². The van der Waals surface area contributed by atoms with Crippen LogP contribution in [0.5, 0.6) is 0 Å². The zero-order valence-corrected chi connectivity index (χ0v) is 12.6. The van der Waals surface area contributed by atoms with Crippen LogP contribution in [0.25, 0.3) is 0 Å². The third kappa shape index (κ3) is 3.12. The Morgan fingerprint density at radius 2 is 1.88 bits per heavy atom. The molecule has 1 fully saturated rings. The first-order valence-corrected chi connectivity index (χ1v) is 7.84. The maximum absolute atomic E-state index is 4.62. The van der Waals surface area contributed by atoms with Gasteiger partial charge in [-0.1, -0.05) is 41.6 Å². The fourth-order valence-electron chi connectivity index (χ4n) is 2.97. The first kappa shape index (κ1) is 13.1. The molecule has 1 aliphatic carbocycles. The van der Waals surface area contributed by atoms with Gasteiger partial charge in [0.25, 0.3) is 0 Å². The largest absolute Gasteiger partial charge is 0.269 e. The molecule has 1 aromatic heterocycles. The van der Waals surface area contributed by atoms with E-state index in [0.717, 1.165) is 17.6 Å². The first-order valence-electron chi connectivity index (χ1n) is 6.72. The number of rotatable bonds is 3. The molecule has 96 valence electrons. The van der Waals surface area contributed by atoms with Crippen LogP contribution in [0.15, 0.2) is 6.07 Å². The van der Waals surface area contributed by atoms with Gasteiger partial charge in [-0.05, 0) is 38.2 Å². The van der Waals surface area contributed by atoms with E-state index in [1.807, 2.05) is 0 Å². The summed E-state index contributed by atoms with van der Waals surface area (Å²) in [6, 6.07) is 2.18. The van der Waals surface area contributed by atoms with Gasteiger partial charge in [-0.25, -0.2) is 0 Å². The van der Waals surface area contributed by atoms with Crippen LogP contribution < -0.4 is 0 Å². The molecule has 0 saturated heterocycles. The van der Waals surface area contributed by atoms with E-state index in [1.54, 1.807) is 0 Å². The molecule has 0 spiro atoms. The summed E-state index contributed by atoms with van der Waals surface area (Å²) in [5, 5.41) is 5.73. The van der Waals surface area contributed by atoms with E-state index in [0.29, 0.717) is 5.41 Å². The second-order valence-corrected chi connectivity index (χ2v) is 6.19. The molecule has 2 nitrogen and oxygen atoms in total. The Bertz CT molecular complexity index is 362. The van der Waals surface area contributed by atoms with E-state index in [4.69, 9.17) is 0 Å². The Labute approximate surface area is 113 Å². The summed E-state index contributed by atoms with van der Waals surface area (Å²) in [6.45, 7) is 5.33. The molecule has 0 amide bonds. The average molecular weight is 299 g/mol. The summed E-state index contributed by atoms with van der Waals surface area (Å²) in [7, 11) is 0. The van der Waals surface area contributed by atoms with Gasteiger partial charge in [0, 0.05) is 17.6 Å². The summed E-state index contributed by atoms with van der Waals surface area (Å²) >= 11 is 3.75. The predicted molar refractivity (Wildman–Crippen MR) is 75.6 cm³/mol. The monoisotopic (exact) mass is 298 g/mol. The fraction of sp³-hybridized carbons (Fsp3) is 0.786. The van der Waals surface area contributed by atoms with E-state index in [9.17, 15) is 0 Å². The van der Waals surface area contributed by atoms with Crippen molar-refractivity contribution in [3.8, 4) is 0 Å². The smallest absolute Gasteiger partial charge is 0.0596 e.